The summed E-state index contributed by atoms with van der Waals surface area (Å²) in [5.74, 6) is 9.33. The van der Waals surface area contributed by atoms with Crippen molar-refractivity contribution in [3.63, 3.8) is 0 Å². The highest BCUT2D eigenvalue weighted by molar-refractivity contribution is 9.37. The van der Waals surface area contributed by atoms with Crippen molar-refractivity contribution in [2.24, 2.45) is 0 Å². The van der Waals surface area contributed by atoms with E-state index < -0.39 is 5.41 Å². The Hall–Kier alpha value is -6.15. The molecule has 0 radical (unpaired) electrons. The lowest BCUT2D eigenvalue weighted by Gasteiger charge is -2.46. The van der Waals surface area contributed by atoms with E-state index >= 15 is 0 Å². The Kier molecular flexibility index (Phi) is 30.7. The van der Waals surface area contributed by atoms with Crippen molar-refractivity contribution in [3.05, 3.63) is 408 Å². The average molecular weight is 2170 g/mol. The Bertz CT molecular complexity index is 7440. The molecule has 0 N–H and O–H groups in total. The van der Waals surface area contributed by atoms with Crippen LogP contribution in [-0.2, 0) is 5.41 Å². The molecule has 0 amide bonds. The Morgan fingerprint density at radius 2 is 0.659 bits per heavy atom. The molecule has 0 bridgehead atoms. The van der Waals surface area contributed by atoms with E-state index in [1.165, 1.54) is 0 Å². The lowest BCUT2D eigenvalue weighted by molar-refractivity contribution is 0.104. The minimum absolute atomic E-state index is 0.0296. The van der Waals surface area contributed by atoms with E-state index in [0.717, 1.165) is 147 Å². The summed E-state index contributed by atoms with van der Waals surface area (Å²) in [4.78, 5) is 42.2. The van der Waals surface area contributed by atoms with E-state index in [-0.39, 0.29) is 68.7 Å². The number of fused-ring (bicyclic) bond motifs is 17. The van der Waals surface area contributed by atoms with Crippen molar-refractivity contribution in [1.29, 1.82) is 0 Å². The Morgan fingerprint density at radius 3 is 1.14 bits per heavy atom. The molecule has 35 heteroatoms. The Balaban J connectivity index is 0.000000123. The predicted octanol–water partition coefficient (Wildman–Crippen LogP) is 36.3. The highest BCUT2D eigenvalue weighted by Gasteiger charge is 2.61. The SMILES string of the molecule is Clc1oc2ccccc2c1C1=COc2ccccc2O1.O=C1c2ccccc2-c2c1cccc2-c1ccc(-c2nc(-c3ccccc3)nc(-c3ccccc3)n2)cc1.PPP(P(P)P)P(P(P(P)P)P(P)P)P(P(P)P)P(P)P.c1ccc(-c2nc(-c3ccccc3)nc(-c3ccc(-c4cccc5c4-c4ccccc4C54C5=C(Oc6ccccc6O5)c5c4oc4ccccc54)cc3)n2)cc1. The zero-order valence-electron chi connectivity index (χ0n) is 71.4. The standard InChI is InChI=1S/C50H29N3O3.C34H21N3O.C16H9ClO3.H23P21/c1-3-14-31(15-4-1)47-51-48(32-16-5-2-6-17-32)53-49(52-47)33-28-26-30(27-29-33)34-20-13-22-38-42(34)35-18-7-9-21-37(35)50(38)45-43(36-19-8-10-23-39(36)55-45)44-46(50)56-41-25-12-11-24-40(41)54-44;38-31-28-15-8-7-14-27(28)30-26(16-9-17-29(30)31)22-18-20-25(21-19-22)34-36-32(23-10-3-1-4-11-23)35-33(37-34)24-12-5-2-6-13-24;17-16-15(10-5-1-2-6-11(10)20-16)14-9-18-12-7-3-4-8-13(12)19-14;1-12-18(13(2)3)21(19(14(4)5)15(6)7)20(16(8)9)17(10)11/h1-29H;1-21H;1-9H;12H,1-11H2. The molecular formula is C100H82ClN6O7P21. The number of carbonyl (C=O) groups excluding carboxylic acids is 1. The molecule has 6 heterocycles. The molecule has 3 aliphatic carbocycles. The summed E-state index contributed by atoms with van der Waals surface area (Å²) in [5.41, 5.74) is 20.1. The number of hydrogen-bond donors (Lipinski definition) is 0. The van der Waals surface area contributed by atoms with E-state index in [1.807, 2.05) is 261 Å². The minimum Gasteiger partial charge on any atom is -0.458 e. The smallest absolute Gasteiger partial charge is 0.205 e. The van der Waals surface area contributed by atoms with Crippen LogP contribution in [-0.4, -0.2) is 35.7 Å². The molecule has 666 valence electrons. The molecule has 0 fully saturated rings. The van der Waals surface area contributed by atoms with Gasteiger partial charge in [-0.05, 0) is 161 Å². The van der Waals surface area contributed by atoms with E-state index in [9.17, 15) is 4.79 Å². The minimum atomic E-state index is -0.869. The van der Waals surface area contributed by atoms with E-state index in [0.29, 0.717) is 80.2 Å². The van der Waals surface area contributed by atoms with Crippen LogP contribution in [0, 0.1) is 0 Å². The number of allylic oxidation sites excluding steroid dienone is 1. The lowest BCUT2D eigenvalue weighted by atomic mass is 9.76. The van der Waals surface area contributed by atoms with Crippen LogP contribution in [0.4, 0.5) is 0 Å². The van der Waals surface area contributed by atoms with Crippen molar-refractivity contribution in [2.45, 2.75) is 5.41 Å². The molecule has 14 atom stereocenters. The van der Waals surface area contributed by atoms with Gasteiger partial charge in [-0.1, -0.05) is 323 Å². The summed E-state index contributed by atoms with van der Waals surface area (Å²) in [6.07, 6.45) is 1.55. The molecule has 1 spiro atoms. The summed E-state index contributed by atoms with van der Waals surface area (Å²) < 4.78 is 37.6. The third kappa shape index (κ3) is 19.4. The van der Waals surface area contributed by atoms with Crippen molar-refractivity contribution >= 4 is 220 Å². The molecule has 135 heavy (non-hydrogen) atoms. The molecule has 0 saturated heterocycles. The molecule has 14 unspecified atom stereocenters. The molecule has 14 aromatic carbocycles. The molecule has 13 nitrogen and oxygen atoms in total. The largest absolute Gasteiger partial charge is 0.458 e. The van der Waals surface area contributed by atoms with E-state index in [4.69, 9.17) is 69.3 Å². The predicted molar refractivity (Wildman–Crippen MR) is 622 cm³/mol. The number of carbonyl (C=O) groups is 1. The van der Waals surface area contributed by atoms with Crippen molar-refractivity contribution in [2.75, 3.05) is 0 Å². The van der Waals surface area contributed by atoms with Crippen LogP contribution in [0.2, 0.25) is 5.22 Å². The van der Waals surface area contributed by atoms with Gasteiger partial charge in [-0.25, -0.2) is 29.9 Å². The second-order valence-electron chi connectivity index (χ2n) is 31.0. The van der Waals surface area contributed by atoms with Crippen LogP contribution < -0.4 is 18.9 Å². The maximum Gasteiger partial charge on any atom is 0.205 e. The normalized spacial score (nSPS) is 14.3. The molecule has 23 rings (SSSR count). The Labute approximate surface area is 824 Å². The number of hydrogen-bond acceptors (Lipinski definition) is 13. The number of nitrogens with zero attached hydrogens (tertiary/aromatic N) is 6. The highest BCUT2D eigenvalue weighted by atomic mass is 35.5. The first-order chi connectivity index (χ1) is 65.9. The summed E-state index contributed by atoms with van der Waals surface area (Å²) in [6, 6.07) is 117. The zero-order valence-corrected chi connectivity index (χ0v) is 93.9. The number of para-hydroxylation sites is 6. The van der Waals surface area contributed by atoms with Crippen LogP contribution >= 0.6 is 181 Å². The summed E-state index contributed by atoms with van der Waals surface area (Å²) in [5, 5.41) is 2.18. The fourth-order valence-corrected chi connectivity index (χ4v) is 270. The van der Waals surface area contributed by atoms with Crippen LogP contribution in [0.3, 0.4) is 0 Å². The first-order valence-electron chi connectivity index (χ1n) is 42.0. The second kappa shape index (κ2) is 43.0. The van der Waals surface area contributed by atoms with Crippen LogP contribution in [0.5, 0.6) is 23.0 Å². The van der Waals surface area contributed by atoms with Gasteiger partial charge in [0.05, 0.1) is 11.1 Å². The van der Waals surface area contributed by atoms with E-state index in [1.54, 1.807) is 6.26 Å². The zero-order chi connectivity index (χ0) is 92.7. The third-order valence-electron chi connectivity index (χ3n) is 22.9. The van der Waals surface area contributed by atoms with Crippen LogP contribution in [0.25, 0.3) is 146 Å². The van der Waals surface area contributed by atoms with Gasteiger partial charge < -0.3 is 27.8 Å². The second-order valence-corrected chi connectivity index (χ2v) is 113. The fraction of sp³-hybridized carbons (Fsp3) is 0.0100. The van der Waals surface area contributed by atoms with E-state index in [2.05, 4.69) is 189 Å². The third-order valence-corrected chi connectivity index (χ3v) is 155. The van der Waals surface area contributed by atoms with Crippen LogP contribution in [0.1, 0.15) is 43.9 Å². The van der Waals surface area contributed by atoms with Gasteiger partial charge in [-0.2, -0.15) is 0 Å². The van der Waals surface area contributed by atoms with Gasteiger partial charge in [0.15, 0.2) is 81.0 Å². The molecule has 5 aliphatic rings. The highest BCUT2D eigenvalue weighted by Crippen LogP contribution is 3.31. The van der Waals surface area contributed by atoms with Crippen molar-refractivity contribution in [1.82, 2.24) is 29.9 Å². The van der Waals surface area contributed by atoms with Crippen LogP contribution in [0.15, 0.2) is 373 Å². The average Bonchev–Trinajstić information content (AvgIpc) is 1.49. The van der Waals surface area contributed by atoms with Gasteiger partial charge in [0.25, 0.3) is 0 Å². The van der Waals surface area contributed by atoms with Gasteiger partial charge in [0, 0.05) is 60.8 Å². The molecule has 18 aromatic rings. The Morgan fingerprint density at radius 1 is 0.296 bits per heavy atom. The number of benzene rings is 14. The topological polar surface area (TPSA) is 158 Å². The van der Waals surface area contributed by atoms with Gasteiger partial charge in [0.1, 0.15) is 28.6 Å². The van der Waals surface area contributed by atoms with Crippen molar-refractivity contribution < 1.29 is 32.6 Å². The number of ketones is 1. The number of aromatic nitrogens is 6. The molecule has 0 saturated carbocycles. The summed E-state index contributed by atoms with van der Waals surface area (Å²) in [7, 11) is 35.9. The quantitative estimate of drug-likeness (QED) is 0.0748. The number of rotatable bonds is 18. The lowest BCUT2D eigenvalue weighted by Crippen LogP contribution is -2.31. The maximum atomic E-state index is 13.0. The number of furan rings is 2. The van der Waals surface area contributed by atoms with Crippen molar-refractivity contribution in [3.8, 4) is 136 Å². The van der Waals surface area contributed by atoms with Gasteiger partial charge in [-0.3, -0.25) is 4.79 Å². The fourth-order valence-electron chi connectivity index (χ4n) is 17.1. The van der Waals surface area contributed by atoms with Gasteiger partial charge in [-0.15, -0.1) is 98.2 Å². The van der Waals surface area contributed by atoms with Gasteiger partial charge >= 0.3 is 0 Å². The summed E-state index contributed by atoms with van der Waals surface area (Å²) >= 11 is 6.19. The number of halogens is 1. The first-order valence-corrected chi connectivity index (χ1v) is 80.0. The van der Waals surface area contributed by atoms with Gasteiger partial charge in [0.2, 0.25) is 5.22 Å². The molecular weight excluding hydrogens is 2080 g/mol. The summed E-state index contributed by atoms with van der Waals surface area (Å²) in [6.45, 7) is 0.800. The monoisotopic (exact) mass is 2160 g/mol. The maximum absolute atomic E-state index is 13.0. The first kappa shape index (κ1) is 96.3. The number of ether oxygens (including phenoxy) is 4. The molecule has 2 aliphatic heterocycles. The molecule has 4 aromatic heterocycles.